The lowest BCUT2D eigenvalue weighted by Gasteiger charge is -2.02. The van der Waals surface area contributed by atoms with Crippen LogP contribution in [0.25, 0.3) is 0 Å². The summed E-state index contributed by atoms with van der Waals surface area (Å²) in [6, 6.07) is 0. The summed E-state index contributed by atoms with van der Waals surface area (Å²) in [5.41, 5.74) is 2.94. The van der Waals surface area contributed by atoms with Crippen LogP contribution in [-0.4, -0.2) is 0 Å². The Labute approximate surface area is 87.5 Å². The molecule has 1 heterocycles. The average Bonchev–Trinajstić information content (AvgIpc) is 2.52. The summed E-state index contributed by atoms with van der Waals surface area (Å²) in [7, 11) is 0. The van der Waals surface area contributed by atoms with Crippen LogP contribution in [0.15, 0.2) is 10.7 Å². The minimum absolute atomic E-state index is 1.10. The third kappa shape index (κ3) is 2.63. The van der Waals surface area contributed by atoms with Gasteiger partial charge in [-0.2, -0.15) is 0 Å². The van der Waals surface area contributed by atoms with Gasteiger partial charge in [0.05, 0.1) is 6.26 Å². The van der Waals surface area contributed by atoms with Gasteiger partial charge in [-0.15, -0.1) is 0 Å². The maximum absolute atomic E-state index is 5.64. The van der Waals surface area contributed by atoms with Gasteiger partial charge in [-0.3, -0.25) is 0 Å². The smallest absolute Gasteiger partial charge is 0.107 e. The molecule has 0 aliphatic rings. The molecule has 0 saturated heterocycles. The van der Waals surface area contributed by atoms with E-state index in [1.807, 2.05) is 6.26 Å². The zero-order valence-electron chi connectivity index (χ0n) is 9.73. The topological polar surface area (TPSA) is 13.1 Å². The molecule has 0 N–H and O–H groups in total. The first-order chi connectivity index (χ1) is 6.83. The number of hydrogen-bond donors (Lipinski definition) is 0. The molecule has 0 aromatic carbocycles. The van der Waals surface area contributed by atoms with E-state index in [-0.39, 0.29) is 0 Å². The van der Waals surface area contributed by atoms with Crippen molar-refractivity contribution in [2.45, 2.75) is 59.3 Å². The van der Waals surface area contributed by atoms with Crippen molar-refractivity contribution in [1.82, 2.24) is 0 Å². The third-order valence-electron chi connectivity index (χ3n) is 2.56. The van der Waals surface area contributed by atoms with Gasteiger partial charge in [0.15, 0.2) is 0 Å². The van der Waals surface area contributed by atoms with Crippen LogP contribution < -0.4 is 0 Å². The molecule has 1 heteroatoms. The summed E-state index contributed by atoms with van der Waals surface area (Å²) in [4.78, 5) is 0. The molecule has 0 spiro atoms. The summed E-state index contributed by atoms with van der Waals surface area (Å²) < 4.78 is 5.64. The number of furan rings is 1. The number of rotatable bonds is 6. The van der Waals surface area contributed by atoms with E-state index < -0.39 is 0 Å². The summed E-state index contributed by atoms with van der Waals surface area (Å²) in [6.07, 6.45) is 9.02. The highest BCUT2D eigenvalue weighted by atomic mass is 16.3. The van der Waals surface area contributed by atoms with E-state index in [4.69, 9.17) is 4.42 Å². The van der Waals surface area contributed by atoms with E-state index in [0.29, 0.717) is 0 Å². The first-order valence-electron chi connectivity index (χ1n) is 5.91. The van der Waals surface area contributed by atoms with Gasteiger partial charge < -0.3 is 4.42 Å². The molecule has 0 aliphatic heterocycles. The van der Waals surface area contributed by atoms with E-state index in [1.54, 1.807) is 0 Å². The highest BCUT2D eigenvalue weighted by Gasteiger charge is 2.10. The van der Waals surface area contributed by atoms with E-state index in [0.717, 1.165) is 6.42 Å². The standard InChI is InChI=1S/C13H22O/c1-4-7-11-10-14-13(9-6-3)12(11)8-5-2/h10H,4-9H2,1-3H3. The second-order valence-electron chi connectivity index (χ2n) is 3.91. The Kier molecular flexibility index (Phi) is 4.78. The summed E-state index contributed by atoms with van der Waals surface area (Å²) in [5, 5.41) is 0. The van der Waals surface area contributed by atoms with Gasteiger partial charge in [-0.25, -0.2) is 0 Å². The molecule has 1 aromatic rings. The first-order valence-corrected chi connectivity index (χ1v) is 5.91. The Hall–Kier alpha value is -0.720. The maximum Gasteiger partial charge on any atom is 0.107 e. The molecule has 0 saturated carbocycles. The minimum Gasteiger partial charge on any atom is -0.469 e. The largest absolute Gasteiger partial charge is 0.469 e. The predicted molar refractivity (Wildman–Crippen MR) is 60.7 cm³/mol. The van der Waals surface area contributed by atoms with Crippen molar-refractivity contribution >= 4 is 0 Å². The molecule has 14 heavy (non-hydrogen) atoms. The van der Waals surface area contributed by atoms with Crippen molar-refractivity contribution in [3.63, 3.8) is 0 Å². The minimum atomic E-state index is 1.10. The normalized spacial score (nSPS) is 10.8. The highest BCUT2D eigenvalue weighted by molar-refractivity contribution is 5.28. The second-order valence-corrected chi connectivity index (χ2v) is 3.91. The zero-order valence-corrected chi connectivity index (χ0v) is 9.73. The van der Waals surface area contributed by atoms with E-state index in [9.17, 15) is 0 Å². The quantitative estimate of drug-likeness (QED) is 0.663. The van der Waals surface area contributed by atoms with Gasteiger partial charge in [0.1, 0.15) is 5.76 Å². The van der Waals surface area contributed by atoms with Crippen LogP contribution in [0.5, 0.6) is 0 Å². The average molecular weight is 194 g/mol. The molecule has 1 nitrogen and oxygen atoms in total. The van der Waals surface area contributed by atoms with Crippen LogP contribution in [0.1, 0.15) is 56.9 Å². The van der Waals surface area contributed by atoms with Crippen LogP contribution in [0, 0.1) is 0 Å². The van der Waals surface area contributed by atoms with Gasteiger partial charge in [-0.05, 0) is 30.4 Å². The monoisotopic (exact) mass is 194 g/mol. The van der Waals surface area contributed by atoms with E-state index in [1.165, 1.54) is 49.0 Å². The number of aryl methyl sites for hydroxylation is 2. The second kappa shape index (κ2) is 5.90. The van der Waals surface area contributed by atoms with Crippen LogP contribution in [0.4, 0.5) is 0 Å². The Bertz CT molecular complexity index is 237. The Morgan fingerprint density at radius 1 is 0.929 bits per heavy atom. The van der Waals surface area contributed by atoms with Gasteiger partial charge in [0.2, 0.25) is 0 Å². The van der Waals surface area contributed by atoms with Gasteiger partial charge in [0, 0.05) is 6.42 Å². The molecule has 0 unspecified atom stereocenters. The molecule has 0 atom stereocenters. The molecule has 0 amide bonds. The van der Waals surface area contributed by atoms with Crippen molar-refractivity contribution in [2.75, 3.05) is 0 Å². The fourth-order valence-electron chi connectivity index (χ4n) is 1.93. The Morgan fingerprint density at radius 3 is 2.14 bits per heavy atom. The highest BCUT2D eigenvalue weighted by Crippen LogP contribution is 2.22. The third-order valence-corrected chi connectivity index (χ3v) is 2.56. The van der Waals surface area contributed by atoms with Gasteiger partial charge >= 0.3 is 0 Å². The van der Waals surface area contributed by atoms with Crippen molar-refractivity contribution in [3.05, 3.63) is 23.2 Å². The summed E-state index contributed by atoms with van der Waals surface area (Å²) in [5.74, 6) is 1.23. The lowest BCUT2D eigenvalue weighted by molar-refractivity contribution is 0.499. The SMILES string of the molecule is CCCc1coc(CCC)c1CCC. The van der Waals surface area contributed by atoms with Gasteiger partial charge in [-0.1, -0.05) is 33.6 Å². The molecular weight excluding hydrogens is 172 g/mol. The van der Waals surface area contributed by atoms with Crippen molar-refractivity contribution in [2.24, 2.45) is 0 Å². The van der Waals surface area contributed by atoms with E-state index >= 15 is 0 Å². The molecular formula is C13H22O. The van der Waals surface area contributed by atoms with Crippen molar-refractivity contribution in [1.29, 1.82) is 0 Å². The summed E-state index contributed by atoms with van der Waals surface area (Å²) in [6.45, 7) is 6.67. The molecule has 1 aromatic heterocycles. The molecule has 0 aliphatic carbocycles. The molecule has 1 rings (SSSR count). The van der Waals surface area contributed by atoms with Crippen molar-refractivity contribution in [3.8, 4) is 0 Å². The fourth-order valence-corrected chi connectivity index (χ4v) is 1.93. The lowest BCUT2D eigenvalue weighted by Crippen LogP contribution is -1.93. The van der Waals surface area contributed by atoms with Crippen LogP contribution in [-0.2, 0) is 19.3 Å². The fraction of sp³-hybridized carbons (Fsp3) is 0.692. The molecule has 0 fully saturated rings. The van der Waals surface area contributed by atoms with Crippen LogP contribution >= 0.6 is 0 Å². The lowest BCUT2D eigenvalue weighted by atomic mass is 10.0. The first kappa shape index (κ1) is 11.4. The molecule has 0 radical (unpaired) electrons. The molecule has 80 valence electrons. The Morgan fingerprint density at radius 2 is 1.57 bits per heavy atom. The van der Waals surface area contributed by atoms with Crippen molar-refractivity contribution < 1.29 is 4.42 Å². The number of hydrogen-bond acceptors (Lipinski definition) is 1. The van der Waals surface area contributed by atoms with E-state index in [2.05, 4.69) is 20.8 Å². The molecule has 0 bridgehead atoms. The predicted octanol–water partition coefficient (Wildman–Crippen LogP) is 4.14. The summed E-state index contributed by atoms with van der Waals surface area (Å²) >= 11 is 0. The van der Waals surface area contributed by atoms with Crippen LogP contribution in [0.3, 0.4) is 0 Å². The Balaban J connectivity index is 2.82. The van der Waals surface area contributed by atoms with Crippen LogP contribution in [0.2, 0.25) is 0 Å². The van der Waals surface area contributed by atoms with Gasteiger partial charge in [0.25, 0.3) is 0 Å². The zero-order chi connectivity index (χ0) is 10.4. The maximum atomic E-state index is 5.64.